The van der Waals surface area contributed by atoms with Gasteiger partial charge in [-0.1, -0.05) is 17.7 Å². The number of hydrogen-bond acceptors (Lipinski definition) is 2. The third-order valence-electron chi connectivity index (χ3n) is 2.74. The second-order valence-corrected chi connectivity index (χ2v) is 4.97. The van der Waals surface area contributed by atoms with E-state index in [4.69, 9.17) is 11.6 Å². The molecule has 6 heteroatoms. The van der Waals surface area contributed by atoms with Crippen LogP contribution in [0.4, 0.5) is 4.39 Å². The number of rotatable bonds is 5. The zero-order valence-electron chi connectivity index (χ0n) is 10.7. The van der Waals surface area contributed by atoms with Gasteiger partial charge in [-0.05, 0) is 36.6 Å². The summed E-state index contributed by atoms with van der Waals surface area (Å²) in [5.74, 6) is -1.10. The van der Waals surface area contributed by atoms with E-state index in [1.807, 2.05) is 0 Å². The zero-order chi connectivity index (χ0) is 14.5. The quantitative estimate of drug-likeness (QED) is 0.815. The predicted molar refractivity (Wildman–Crippen MR) is 74.6 cm³/mol. The Hall–Kier alpha value is -1.88. The van der Waals surface area contributed by atoms with Crippen LogP contribution in [0.1, 0.15) is 18.4 Å². The summed E-state index contributed by atoms with van der Waals surface area (Å²) in [6.45, 7) is -0.0517. The third kappa shape index (κ3) is 4.66. The van der Waals surface area contributed by atoms with E-state index >= 15 is 0 Å². The molecule has 2 rings (SSSR count). The van der Waals surface area contributed by atoms with E-state index < -0.39 is 11.7 Å². The molecule has 1 saturated carbocycles. The molecule has 0 unspecified atom stereocenters. The topological polar surface area (TPSA) is 58.2 Å². The molecule has 0 atom stereocenters. The fourth-order valence-electron chi connectivity index (χ4n) is 1.52. The van der Waals surface area contributed by atoms with Crippen molar-refractivity contribution >= 4 is 29.5 Å². The first-order valence-corrected chi connectivity index (χ1v) is 6.63. The van der Waals surface area contributed by atoms with Crippen molar-refractivity contribution in [2.45, 2.75) is 18.9 Å². The molecule has 2 amide bonds. The Bertz CT molecular complexity index is 556. The summed E-state index contributed by atoms with van der Waals surface area (Å²) in [7, 11) is 0. The van der Waals surface area contributed by atoms with Crippen LogP contribution < -0.4 is 10.6 Å². The van der Waals surface area contributed by atoms with Crippen LogP contribution in [0.3, 0.4) is 0 Å². The molecule has 1 aliphatic carbocycles. The number of nitrogens with one attached hydrogen (secondary N) is 2. The molecule has 2 N–H and O–H groups in total. The lowest BCUT2D eigenvalue weighted by Gasteiger charge is -2.03. The van der Waals surface area contributed by atoms with Gasteiger partial charge in [0.05, 0.1) is 11.6 Å². The van der Waals surface area contributed by atoms with Crippen LogP contribution >= 0.6 is 11.6 Å². The van der Waals surface area contributed by atoms with Crippen molar-refractivity contribution in [3.05, 3.63) is 40.7 Å². The Morgan fingerprint density at radius 1 is 1.40 bits per heavy atom. The van der Waals surface area contributed by atoms with Gasteiger partial charge in [-0.2, -0.15) is 0 Å². The van der Waals surface area contributed by atoms with Gasteiger partial charge in [0.1, 0.15) is 5.82 Å². The lowest BCUT2D eigenvalue weighted by molar-refractivity contribution is -0.124. The molecule has 106 valence electrons. The molecule has 4 nitrogen and oxygen atoms in total. The maximum Gasteiger partial charge on any atom is 0.244 e. The summed E-state index contributed by atoms with van der Waals surface area (Å²) < 4.78 is 12.9. The van der Waals surface area contributed by atoms with Gasteiger partial charge >= 0.3 is 0 Å². The fourth-order valence-corrected chi connectivity index (χ4v) is 1.71. The van der Waals surface area contributed by atoms with Crippen LogP contribution in [0.2, 0.25) is 5.02 Å². The molecule has 1 fully saturated rings. The number of carbonyl (C=O) groups excluding carboxylic acids is 2. The highest BCUT2D eigenvalue weighted by molar-refractivity contribution is 6.30. The van der Waals surface area contributed by atoms with Crippen molar-refractivity contribution in [3.8, 4) is 0 Å². The van der Waals surface area contributed by atoms with Crippen LogP contribution in [0.25, 0.3) is 6.08 Å². The maximum atomic E-state index is 12.9. The monoisotopic (exact) mass is 296 g/mol. The van der Waals surface area contributed by atoms with Gasteiger partial charge in [0.2, 0.25) is 11.8 Å². The molecule has 1 aromatic rings. The molecule has 0 bridgehead atoms. The van der Waals surface area contributed by atoms with Crippen molar-refractivity contribution in [1.29, 1.82) is 0 Å². The Morgan fingerprint density at radius 3 is 2.80 bits per heavy atom. The van der Waals surface area contributed by atoms with Crippen LogP contribution in [-0.2, 0) is 9.59 Å². The summed E-state index contributed by atoms with van der Waals surface area (Å²) in [6, 6.07) is 4.42. The van der Waals surface area contributed by atoms with Crippen LogP contribution in [-0.4, -0.2) is 24.4 Å². The molecule has 0 heterocycles. The van der Waals surface area contributed by atoms with Gasteiger partial charge in [0.15, 0.2) is 0 Å². The summed E-state index contributed by atoms with van der Waals surface area (Å²) in [5, 5.41) is 5.22. The average molecular weight is 297 g/mol. The minimum absolute atomic E-state index is 0.00336. The van der Waals surface area contributed by atoms with Crippen molar-refractivity contribution in [2.24, 2.45) is 0 Å². The molecular formula is C14H14ClFN2O2. The van der Waals surface area contributed by atoms with E-state index in [2.05, 4.69) is 10.6 Å². The summed E-state index contributed by atoms with van der Waals surface area (Å²) in [6.07, 6.45) is 4.78. The third-order valence-corrected chi connectivity index (χ3v) is 3.03. The Morgan fingerprint density at radius 2 is 2.15 bits per heavy atom. The van der Waals surface area contributed by atoms with Gasteiger partial charge in [-0.3, -0.25) is 9.59 Å². The first-order chi connectivity index (χ1) is 9.54. The maximum absolute atomic E-state index is 12.9. The van der Waals surface area contributed by atoms with Crippen LogP contribution in [0.5, 0.6) is 0 Å². The standard InChI is InChI=1S/C14H14ClFN2O2/c15-11-7-9(1-5-12(11)16)2-6-13(19)17-8-14(20)18-10-3-4-10/h1-2,5-7,10H,3-4,8H2,(H,17,19)(H,18,20)/b6-2+. The van der Waals surface area contributed by atoms with Crippen molar-refractivity contribution in [2.75, 3.05) is 6.54 Å². The first kappa shape index (κ1) is 14.5. The summed E-state index contributed by atoms with van der Waals surface area (Å²) in [5.41, 5.74) is 0.606. The summed E-state index contributed by atoms with van der Waals surface area (Å²) >= 11 is 5.62. The SMILES string of the molecule is O=C(/C=C/c1ccc(F)c(Cl)c1)NCC(=O)NC1CC1. The molecule has 0 spiro atoms. The van der Waals surface area contributed by atoms with Crippen molar-refractivity contribution in [1.82, 2.24) is 10.6 Å². The molecule has 0 radical (unpaired) electrons. The van der Waals surface area contributed by atoms with E-state index in [0.29, 0.717) is 5.56 Å². The van der Waals surface area contributed by atoms with Gasteiger partial charge in [-0.15, -0.1) is 0 Å². The molecule has 1 aromatic carbocycles. The molecular weight excluding hydrogens is 283 g/mol. The second kappa shape index (κ2) is 6.52. The number of halogens is 2. The van der Waals surface area contributed by atoms with E-state index in [-0.39, 0.29) is 23.5 Å². The normalized spacial score (nSPS) is 14.3. The molecule has 0 saturated heterocycles. The van der Waals surface area contributed by atoms with E-state index in [9.17, 15) is 14.0 Å². The number of amides is 2. The predicted octanol–water partition coefficient (Wildman–Crippen LogP) is 1.89. The second-order valence-electron chi connectivity index (χ2n) is 4.57. The number of hydrogen-bond donors (Lipinski definition) is 2. The Kier molecular flexibility index (Phi) is 4.74. The Labute approximate surface area is 121 Å². The molecule has 0 aliphatic heterocycles. The van der Waals surface area contributed by atoms with Crippen molar-refractivity contribution < 1.29 is 14.0 Å². The van der Waals surface area contributed by atoms with Gasteiger partial charge in [0, 0.05) is 12.1 Å². The minimum atomic E-state index is -0.509. The Balaban J connectivity index is 1.79. The lowest BCUT2D eigenvalue weighted by atomic mass is 10.2. The average Bonchev–Trinajstić information content (AvgIpc) is 3.21. The van der Waals surface area contributed by atoms with E-state index in [1.54, 1.807) is 0 Å². The van der Waals surface area contributed by atoms with E-state index in [0.717, 1.165) is 12.8 Å². The van der Waals surface area contributed by atoms with E-state index in [1.165, 1.54) is 30.4 Å². The van der Waals surface area contributed by atoms with Crippen LogP contribution in [0.15, 0.2) is 24.3 Å². The smallest absolute Gasteiger partial charge is 0.244 e. The number of carbonyl (C=O) groups is 2. The zero-order valence-corrected chi connectivity index (χ0v) is 11.4. The molecule has 20 heavy (non-hydrogen) atoms. The number of benzene rings is 1. The highest BCUT2D eigenvalue weighted by atomic mass is 35.5. The summed E-state index contributed by atoms with van der Waals surface area (Å²) in [4.78, 5) is 22.8. The largest absolute Gasteiger partial charge is 0.352 e. The van der Waals surface area contributed by atoms with Crippen LogP contribution in [0, 0.1) is 5.82 Å². The first-order valence-electron chi connectivity index (χ1n) is 6.25. The highest BCUT2D eigenvalue weighted by Gasteiger charge is 2.22. The fraction of sp³-hybridized carbons (Fsp3) is 0.286. The van der Waals surface area contributed by atoms with Gasteiger partial charge < -0.3 is 10.6 Å². The lowest BCUT2D eigenvalue weighted by Crippen LogP contribution is -2.37. The molecule has 1 aliphatic rings. The molecule has 0 aromatic heterocycles. The van der Waals surface area contributed by atoms with Gasteiger partial charge in [0.25, 0.3) is 0 Å². The van der Waals surface area contributed by atoms with Crippen molar-refractivity contribution in [3.63, 3.8) is 0 Å². The highest BCUT2D eigenvalue weighted by Crippen LogP contribution is 2.18. The minimum Gasteiger partial charge on any atom is -0.352 e. The van der Waals surface area contributed by atoms with Gasteiger partial charge in [-0.25, -0.2) is 4.39 Å².